The van der Waals surface area contributed by atoms with Gasteiger partial charge in [0, 0.05) is 36.9 Å². The summed E-state index contributed by atoms with van der Waals surface area (Å²) in [5.74, 6) is -0.426. The van der Waals surface area contributed by atoms with Crippen LogP contribution in [0.1, 0.15) is 42.0 Å². The van der Waals surface area contributed by atoms with Gasteiger partial charge in [-0.15, -0.1) is 0 Å². The maximum atomic E-state index is 13.8. The van der Waals surface area contributed by atoms with Crippen LogP contribution in [-0.4, -0.2) is 50.5 Å². The van der Waals surface area contributed by atoms with E-state index in [1.54, 1.807) is 11.0 Å². The minimum atomic E-state index is -3.57. The lowest BCUT2D eigenvalue weighted by molar-refractivity contribution is -0.141. The van der Waals surface area contributed by atoms with Crippen LogP contribution in [-0.2, 0) is 32.6 Å². The first-order valence-electron chi connectivity index (χ1n) is 13.4. The summed E-state index contributed by atoms with van der Waals surface area (Å²) < 4.78 is 27.7. The van der Waals surface area contributed by atoms with Crippen molar-refractivity contribution >= 4 is 43.5 Å². The van der Waals surface area contributed by atoms with E-state index in [4.69, 9.17) is 0 Å². The molecule has 40 heavy (non-hydrogen) atoms. The highest BCUT2D eigenvalue weighted by molar-refractivity contribution is 9.10. The molecule has 0 radical (unpaired) electrons. The van der Waals surface area contributed by atoms with Crippen LogP contribution in [0, 0.1) is 13.8 Å². The van der Waals surface area contributed by atoms with E-state index in [-0.39, 0.29) is 31.3 Å². The molecule has 1 N–H and O–H groups in total. The first-order valence-corrected chi connectivity index (χ1v) is 16.0. The van der Waals surface area contributed by atoms with Gasteiger partial charge < -0.3 is 10.2 Å². The number of halogens is 1. The number of carbonyl (C=O) groups is 2. The quantitative estimate of drug-likeness (QED) is 0.275. The van der Waals surface area contributed by atoms with Gasteiger partial charge in [0.2, 0.25) is 21.8 Å². The normalized spacial score (nSPS) is 12.0. The van der Waals surface area contributed by atoms with Crippen LogP contribution in [0.25, 0.3) is 0 Å². The number of likely N-dealkylation sites (N-methyl/N-ethyl adjacent to an activating group) is 1. The van der Waals surface area contributed by atoms with Crippen molar-refractivity contribution in [3.63, 3.8) is 0 Å². The standard InChI is InChI=1S/C31H38BrN3O4S/c1-5-33-31(37)29(21-25-13-7-6-8-14-25)34(22-26-15-10-16-27(32)20-26)30(36)18-11-19-35(40(4,38)39)28-17-9-12-23(2)24(28)3/h6-10,12-17,20,29H,5,11,18-19,21-22H2,1-4H3,(H,33,37). The van der Waals surface area contributed by atoms with Gasteiger partial charge in [0.15, 0.2) is 0 Å². The van der Waals surface area contributed by atoms with E-state index in [0.717, 1.165) is 26.7 Å². The molecule has 3 aromatic rings. The number of aryl methyl sites for hydroxylation is 1. The molecule has 0 spiro atoms. The van der Waals surface area contributed by atoms with E-state index in [2.05, 4.69) is 21.2 Å². The fraction of sp³-hybridized carbons (Fsp3) is 0.355. The summed E-state index contributed by atoms with van der Waals surface area (Å²) >= 11 is 3.50. The maximum Gasteiger partial charge on any atom is 0.243 e. The summed E-state index contributed by atoms with van der Waals surface area (Å²) in [4.78, 5) is 28.8. The molecule has 0 heterocycles. The van der Waals surface area contributed by atoms with Crippen LogP contribution in [0.15, 0.2) is 77.3 Å². The summed E-state index contributed by atoms with van der Waals surface area (Å²) in [6.45, 7) is 6.54. The number of nitrogens with zero attached hydrogens (tertiary/aromatic N) is 2. The highest BCUT2D eigenvalue weighted by atomic mass is 79.9. The highest BCUT2D eigenvalue weighted by Crippen LogP contribution is 2.26. The van der Waals surface area contributed by atoms with Gasteiger partial charge in [-0.25, -0.2) is 8.42 Å². The Bertz CT molecular complexity index is 1410. The third kappa shape index (κ3) is 8.66. The molecule has 1 atom stereocenters. The van der Waals surface area contributed by atoms with E-state index in [1.165, 1.54) is 10.6 Å². The Morgan fingerprint density at radius 2 is 1.62 bits per heavy atom. The molecule has 3 aromatic carbocycles. The topological polar surface area (TPSA) is 86.8 Å². The van der Waals surface area contributed by atoms with Gasteiger partial charge in [0.25, 0.3) is 0 Å². The highest BCUT2D eigenvalue weighted by Gasteiger charge is 2.30. The van der Waals surface area contributed by atoms with Gasteiger partial charge in [-0.2, -0.15) is 0 Å². The van der Waals surface area contributed by atoms with Crippen molar-refractivity contribution in [3.8, 4) is 0 Å². The third-order valence-corrected chi connectivity index (χ3v) is 8.53. The molecule has 2 amide bonds. The zero-order valence-corrected chi connectivity index (χ0v) is 26.0. The van der Waals surface area contributed by atoms with Crippen LogP contribution >= 0.6 is 15.9 Å². The molecule has 0 aliphatic rings. The minimum absolute atomic E-state index is 0.0928. The predicted molar refractivity (Wildman–Crippen MR) is 165 cm³/mol. The average Bonchev–Trinajstić information content (AvgIpc) is 2.90. The van der Waals surface area contributed by atoms with Gasteiger partial charge in [-0.3, -0.25) is 13.9 Å². The second kappa shape index (κ2) is 14.5. The van der Waals surface area contributed by atoms with Crippen molar-refractivity contribution in [1.82, 2.24) is 10.2 Å². The smallest absolute Gasteiger partial charge is 0.243 e. The number of anilines is 1. The molecule has 0 bridgehead atoms. The second-order valence-corrected chi connectivity index (χ2v) is 12.7. The minimum Gasteiger partial charge on any atom is -0.355 e. The van der Waals surface area contributed by atoms with Gasteiger partial charge in [-0.1, -0.05) is 70.5 Å². The number of rotatable bonds is 13. The van der Waals surface area contributed by atoms with E-state index in [9.17, 15) is 18.0 Å². The monoisotopic (exact) mass is 627 g/mol. The van der Waals surface area contributed by atoms with Crippen LogP contribution in [0.3, 0.4) is 0 Å². The van der Waals surface area contributed by atoms with E-state index in [1.807, 2.05) is 87.5 Å². The maximum absolute atomic E-state index is 13.8. The fourth-order valence-electron chi connectivity index (χ4n) is 4.67. The van der Waals surface area contributed by atoms with Gasteiger partial charge in [0.05, 0.1) is 11.9 Å². The van der Waals surface area contributed by atoms with Crippen molar-refractivity contribution in [2.75, 3.05) is 23.7 Å². The van der Waals surface area contributed by atoms with Gasteiger partial charge in [0.1, 0.15) is 6.04 Å². The zero-order chi connectivity index (χ0) is 29.3. The van der Waals surface area contributed by atoms with Crippen molar-refractivity contribution in [2.45, 2.75) is 52.6 Å². The molecule has 214 valence electrons. The molecule has 1 unspecified atom stereocenters. The van der Waals surface area contributed by atoms with E-state index >= 15 is 0 Å². The number of hydrogen-bond donors (Lipinski definition) is 1. The first-order chi connectivity index (χ1) is 19.0. The molecule has 0 saturated heterocycles. The number of sulfonamides is 1. The van der Waals surface area contributed by atoms with Crippen molar-refractivity contribution in [1.29, 1.82) is 0 Å². The largest absolute Gasteiger partial charge is 0.355 e. The SMILES string of the molecule is CCNC(=O)C(Cc1ccccc1)N(Cc1cccc(Br)c1)C(=O)CCCN(c1cccc(C)c1C)S(C)(=O)=O. The Hall–Kier alpha value is -3.17. The Morgan fingerprint density at radius 1 is 0.950 bits per heavy atom. The Kier molecular flexibility index (Phi) is 11.3. The summed E-state index contributed by atoms with van der Waals surface area (Å²) in [6.07, 6.45) is 1.95. The number of benzene rings is 3. The van der Waals surface area contributed by atoms with E-state index in [0.29, 0.717) is 25.1 Å². The Morgan fingerprint density at radius 3 is 2.27 bits per heavy atom. The summed E-state index contributed by atoms with van der Waals surface area (Å²) in [7, 11) is -3.57. The molecular formula is C31H38BrN3O4S. The molecular weight excluding hydrogens is 590 g/mol. The van der Waals surface area contributed by atoms with Crippen molar-refractivity contribution in [2.24, 2.45) is 0 Å². The molecule has 3 rings (SSSR count). The predicted octanol–water partition coefficient (Wildman–Crippen LogP) is 5.39. The zero-order valence-electron chi connectivity index (χ0n) is 23.6. The summed E-state index contributed by atoms with van der Waals surface area (Å²) in [5, 5.41) is 2.90. The molecule has 0 saturated carbocycles. The fourth-order valence-corrected chi connectivity index (χ4v) is 6.13. The Balaban J connectivity index is 1.88. The lowest BCUT2D eigenvalue weighted by atomic mass is 10.0. The summed E-state index contributed by atoms with van der Waals surface area (Å²) in [6, 6.07) is 22.1. The average molecular weight is 629 g/mol. The summed E-state index contributed by atoms with van der Waals surface area (Å²) in [5.41, 5.74) is 4.33. The lowest BCUT2D eigenvalue weighted by Gasteiger charge is -2.32. The van der Waals surface area contributed by atoms with Crippen LogP contribution in [0.2, 0.25) is 0 Å². The van der Waals surface area contributed by atoms with Crippen molar-refractivity contribution in [3.05, 3.63) is 99.5 Å². The third-order valence-electron chi connectivity index (χ3n) is 6.86. The number of carbonyl (C=O) groups excluding carboxylic acids is 2. The lowest BCUT2D eigenvalue weighted by Crippen LogP contribution is -2.50. The van der Waals surface area contributed by atoms with Crippen molar-refractivity contribution < 1.29 is 18.0 Å². The molecule has 0 aliphatic carbocycles. The second-order valence-electron chi connectivity index (χ2n) is 9.91. The van der Waals surface area contributed by atoms with Crippen LogP contribution < -0.4 is 9.62 Å². The number of hydrogen-bond acceptors (Lipinski definition) is 4. The Labute approximate surface area is 246 Å². The molecule has 0 aliphatic heterocycles. The molecule has 0 fully saturated rings. The van der Waals surface area contributed by atoms with E-state index < -0.39 is 16.1 Å². The molecule has 9 heteroatoms. The van der Waals surface area contributed by atoms with Gasteiger partial charge >= 0.3 is 0 Å². The van der Waals surface area contributed by atoms with Gasteiger partial charge in [-0.05, 0) is 67.6 Å². The van der Waals surface area contributed by atoms with Crippen LogP contribution in [0.5, 0.6) is 0 Å². The number of amides is 2. The molecule has 7 nitrogen and oxygen atoms in total. The molecule has 0 aromatic heterocycles. The number of nitrogens with one attached hydrogen (secondary N) is 1. The van der Waals surface area contributed by atoms with Crippen LogP contribution in [0.4, 0.5) is 5.69 Å². The first kappa shape index (κ1) is 31.4.